The highest BCUT2D eigenvalue weighted by Gasteiger charge is 2.49. The van der Waals surface area contributed by atoms with Gasteiger partial charge in [0.25, 0.3) is 5.91 Å². The van der Waals surface area contributed by atoms with Gasteiger partial charge in [-0.3, -0.25) is 4.79 Å². The zero-order valence-corrected chi connectivity index (χ0v) is 10.5. The minimum Gasteiger partial charge on any atom is -0.335 e. The van der Waals surface area contributed by atoms with E-state index in [2.05, 4.69) is 0 Å². The van der Waals surface area contributed by atoms with Crippen molar-refractivity contribution in [1.29, 1.82) is 0 Å². The van der Waals surface area contributed by atoms with E-state index in [0.29, 0.717) is 13.1 Å². The molecule has 4 heteroatoms. The summed E-state index contributed by atoms with van der Waals surface area (Å²) >= 11 is 12.0. The van der Waals surface area contributed by atoms with Crippen LogP contribution in [0.3, 0.4) is 0 Å². The molecule has 0 saturated carbocycles. The quantitative estimate of drug-likeness (QED) is 0.747. The topological polar surface area (TPSA) is 20.3 Å². The summed E-state index contributed by atoms with van der Waals surface area (Å²) in [5.41, 5.74) is 1.09. The van der Waals surface area contributed by atoms with Crippen LogP contribution in [0.25, 0.3) is 0 Å². The average molecular weight is 258 g/mol. The Morgan fingerprint density at radius 1 is 1.38 bits per heavy atom. The van der Waals surface area contributed by atoms with Gasteiger partial charge in [0.1, 0.15) is 0 Å². The first-order chi connectivity index (χ1) is 7.51. The summed E-state index contributed by atoms with van der Waals surface area (Å²) in [7, 11) is 0. The summed E-state index contributed by atoms with van der Waals surface area (Å²) in [6.45, 7) is 3.08. The molecule has 1 amide bonds. The molecule has 1 aromatic rings. The normalized spacial score (nSPS) is 23.8. The smallest absolute Gasteiger partial charge is 0.259 e. The monoisotopic (exact) mass is 257 g/mol. The zero-order valence-electron chi connectivity index (χ0n) is 8.99. The second kappa shape index (κ2) is 4.27. The van der Waals surface area contributed by atoms with Gasteiger partial charge in [0.05, 0.1) is 0 Å². The Bertz CT molecular complexity index is 391. The number of hydrogen-bond donors (Lipinski definition) is 0. The number of alkyl halides is 2. The molecule has 1 aliphatic heterocycles. The first kappa shape index (κ1) is 11.7. The molecule has 0 radical (unpaired) electrons. The molecule has 86 valence electrons. The van der Waals surface area contributed by atoms with Crippen molar-refractivity contribution < 1.29 is 4.79 Å². The molecule has 1 aromatic carbocycles. The summed E-state index contributed by atoms with van der Waals surface area (Å²) in [4.78, 5) is 13.6. The number of benzene rings is 1. The van der Waals surface area contributed by atoms with Crippen molar-refractivity contribution in [3.05, 3.63) is 35.9 Å². The number of carbonyl (C=O) groups excluding carboxylic acids is 1. The lowest BCUT2D eigenvalue weighted by Crippen LogP contribution is -2.32. The Labute approximate surface area is 105 Å². The van der Waals surface area contributed by atoms with Gasteiger partial charge in [0.15, 0.2) is 4.33 Å². The van der Waals surface area contributed by atoms with Gasteiger partial charge in [0.2, 0.25) is 0 Å². The molecule has 0 aromatic heterocycles. The van der Waals surface area contributed by atoms with Gasteiger partial charge in [-0.05, 0) is 5.56 Å². The Morgan fingerprint density at radius 2 is 2.00 bits per heavy atom. The van der Waals surface area contributed by atoms with Crippen molar-refractivity contribution in [2.24, 2.45) is 5.92 Å². The molecule has 1 fully saturated rings. The number of amides is 1. The highest BCUT2D eigenvalue weighted by Crippen LogP contribution is 2.39. The zero-order chi connectivity index (χ0) is 11.8. The van der Waals surface area contributed by atoms with Crippen LogP contribution < -0.4 is 0 Å². The molecule has 1 atom stereocenters. The number of nitrogens with zero attached hydrogens (tertiary/aromatic N) is 1. The number of rotatable bonds is 2. The third kappa shape index (κ3) is 2.04. The molecular formula is C12H13Cl2NO. The summed E-state index contributed by atoms with van der Waals surface area (Å²) < 4.78 is -1.26. The first-order valence-electron chi connectivity index (χ1n) is 5.23. The number of hydrogen-bond acceptors (Lipinski definition) is 1. The van der Waals surface area contributed by atoms with Gasteiger partial charge in [-0.1, -0.05) is 60.5 Å². The van der Waals surface area contributed by atoms with Gasteiger partial charge in [-0.2, -0.15) is 0 Å². The minimum absolute atomic E-state index is 0.0351. The van der Waals surface area contributed by atoms with Crippen molar-refractivity contribution in [2.75, 3.05) is 6.54 Å². The van der Waals surface area contributed by atoms with Crippen LogP contribution >= 0.6 is 23.2 Å². The van der Waals surface area contributed by atoms with Crippen LogP contribution in [0.15, 0.2) is 30.3 Å². The second-order valence-electron chi connectivity index (χ2n) is 4.20. The van der Waals surface area contributed by atoms with Crippen LogP contribution in [0.2, 0.25) is 0 Å². The maximum atomic E-state index is 11.9. The molecule has 2 nitrogen and oxygen atoms in total. The van der Waals surface area contributed by atoms with Crippen molar-refractivity contribution >= 4 is 29.1 Å². The lowest BCUT2D eigenvalue weighted by atomic mass is 10.1. The number of likely N-dealkylation sites (tertiary alicyclic amines) is 1. The number of halogens is 2. The Balaban J connectivity index is 2.11. The van der Waals surface area contributed by atoms with Gasteiger partial charge < -0.3 is 4.90 Å². The van der Waals surface area contributed by atoms with E-state index < -0.39 is 4.33 Å². The molecule has 0 bridgehead atoms. The Kier molecular flexibility index (Phi) is 3.13. The SMILES string of the molecule is CC1CN(Cc2ccccc2)C(=O)C1(Cl)Cl. The second-order valence-corrected chi connectivity index (χ2v) is 5.58. The fraction of sp³-hybridized carbons (Fsp3) is 0.417. The maximum Gasteiger partial charge on any atom is 0.259 e. The van der Waals surface area contributed by atoms with Crippen LogP contribution in [0.1, 0.15) is 12.5 Å². The molecule has 0 aliphatic carbocycles. The molecule has 2 rings (SSSR count). The largest absolute Gasteiger partial charge is 0.335 e. The van der Waals surface area contributed by atoms with Gasteiger partial charge in [-0.15, -0.1) is 0 Å². The summed E-state index contributed by atoms with van der Waals surface area (Å²) in [5.74, 6) is -0.223. The Morgan fingerprint density at radius 3 is 2.50 bits per heavy atom. The molecule has 1 saturated heterocycles. The van der Waals surface area contributed by atoms with Gasteiger partial charge in [0, 0.05) is 19.0 Å². The van der Waals surface area contributed by atoms with E-state index in [9.17, 15) is 4.79 Å². The maximum absolute atomic E-state index is 11.9. The van der Waals surface area contributed by atoms with Crippen LogP contribution in [-0.4, -0.2) is 21.7 Å². The first-order valence-corrected chi connectivity index (χ1v) is 5.98. The molecular weight excluding hydrogens is 245 g/mol. The summed E-state index contributed by atoms with van der Waals surface area (Å²) in [5, 5.41) is 0. The molecule has 0 spiro atoms. The van der Waals surface area contributed by atoms with Gasteiger partial charge in [-0.25, -0.2) is 0 Å². The average Bonchev–Trinajstić information content (AvgIpc) is 2.45. The molecule has 1 aliphatic rings. The number of carbonyl (C=O) groups is 1. The third-order valence-electron chi connectivity index (χ3n) is 2.90. The van der Waals surface area contributed by atoms with Crippen LogP contribution in [0.4, 0.5) is 0 Å². The van der Waals surface area contributed by atoms with E-state index in [1.807, 2.05) is 37.3 Å². The predicted octanol–water partition coefficient (Wildman–Crippen LogP) is 2.84. The van der Waals surface area contributed by atoms with E-state index in [1.54, 1.807) is 4.90 Å². The van der Waals surface area contributed by atoms with Crippen molar-refractivity contribution in [3.8, 4) is 0 Å². The van der Waals surface area contributed by atoms with E-state index >= 15 is 0 Å². The van der Waals surface area contributed by atoms with E-state index in [4.69, 9.17) is 23.2 Å². The lowest BCUT2D eigenvalue weighted by molar-refractivity contribution is -0.128. The molecule has 0 N–H and O–H groups in total. The van der Waals surface area contributed by atoms with Crippen molar-refractivity contribution in [3.63, 3.8) is 0 Å². The van der Waals surface area contributed by atoms with Crippen molar-refractivity contribution in [2.45, 2.75) is 17.8 Å². The van der Waals surface area contributed by atoms with E-state index in [1.165, 1.54) is 0 Å². The van der Waals surface area contributed by atoms with E-state index in [0.717, 1.165) is 5.56 Å². The highest BCUT2D eigenvalue weighted by molar-refractivity contribution is 6.58. The van der Waals surface area contributed by atoms with Crippen molar-refractivity contribution in [1.82, 2.24) is 4.90 Å². The molecule has 1 heterocycles. The highest BCUT2D eigenvalue weighted by atomic mass is 35.5. The fourth-order valence-corrected chi connectivity index (χ4v) is 2.27. The predicted molar refractivity (Wildman–Crippen MR) is 65.5 cm³/mol. The minimum atomic E-state index is -1.26. The molecule has 16 heavy (non-hydrogen) atoms. The standard InChI is InChI=1S/C12H13Cl2NO/c1-9-7-15(11(16)12(9,13)14)8-10-5-3-2-4-6-10/h2-6,9H,7-8H2,1H3. The summed E-state index contributed by atoms with van der Waals surface area (Å²) in [6.07, 6.45) is 0. The fourth-order valence-electron chi connectivity index (χ4n) is 1.89. The van der Waals surface area contributed by atoms with Gasteiger partial charge >= 0.3 is 0 Å². The lowest BCUT2D eigenvalue weighted by Gasteiger charge is -2.17. The van der Waals surface area contributed by atoms with Crippen LogP contribution in [0.5, 0.6) is 0 Å². The van der Waals surface area contributed by atoms with Crippen LogP contribution in [0, 0.1) is 5.92 Å². The summed E-state index contributed by atoms with van der Waals surface area (Å²) in [6, 6.07) is 9.83. The van der Waals surface area contributed by atoms with Crippen LogP contribution in [-0.2, 0) is 11.3 Å². The Hall–Kier alpha value is -0.730. The third-order valence-corrected chi connectivity index (χ3v) is 3.97. The molecule has 1 unspecified atom stereocenters. The van der Waals surface area contributed by atoms with E-state index in [-0.39, 0.29) is 11.8 Å².